The maximum Gasteiger partial charge on any atom is 0.191 e. The van der Waals surface area contributed by atoms with E-state index in [2.05, 4.69) is 76.7 Å². The first-order chi connectivity index (χ1) is 11.6. The SMILES string of the molecule is CN=C(NCCCN1CCN(C)CC1c1ccccc1)NC(C)C. The van der Waals surface area contributed by atoms with E-state index in [1.807, 2.05) is 7.05 Å². The number of benzene rings is 1. The first kappa shape index (κ1) is 18.7. The zero-order valence-electron chi connectivity index (χ0n) is 15.6. The molecule has 1 unspecified atom stereocenters. The Kier molecular flexibility index (Phi) is 7.53. The van der Waals surface area contributed by atoms with Gasteiger partial charge in [0.05, 0.1) is 0 Å². The largest absolute Gasteiger partial charge is 0.356 e. The highest BCUT2D eigenvalue weighted by Gasteiger charge is 2.25. The van der Waals surface area contributed by atoms with Crippen LogP contribution in [0, 0.1) is 0 Å². The molecule has 1 saturated heterocycles. The number of nitrogens with one attached hydrogen (secondary N) is 2. The van der Waals surface area contributed by atoms with Crippen molar-refractivity contribution in [3.05, 3.63) is 35.9 Å². The summed E-state index contributed by atoms with van der Waals surface area (Å²) in [6.07, 6.45) is 1.12. The molecule has 1 atom stereocenters. The van der Waals surface area contributed by atoms with Crippen LogP contribution in [0.25, 0.3) is 0 Å². The Morgan fingerprint density at radius 2 is 2.00 bits per heavy atom. The number of guanidine groups is 1. The van der Waals surface area contributed by atoms with Crippen molar-refractivity contribution < 1.29 is 0 Å². The van der Waals surface area contributed by atoms with E-state index in [4.69, 9.17) is 0 Å². The van der Waals surface area contributed by atoms with Gasteiger partial charge in [0, 0.05) is 51.9 Å². The molecule has 2 rings (SSSR count). The lowest BCUT2D eigenvalue weighted by Gasteiger charge is -2.40. The molecule has 0 aromatic heterocycles. The molecule has 0 amide bonds. The van der Waals surface area contributed by atoms with E-state index in [-0.39, 0.29) is 0 Å². The molecule has 24 heavy (non-hydrogen) atoms. The van der Waals surface area contributed by atoms with Crippen LogP contribution in [0.15, 0.2) is 35.3 Å². The van der Waals surface area contributed by atoms with Gasteiger partial charge in [0.15, 0.2) is 5.96 Å². The second-order valence-corrected chi connectivity index (χ2v) is 6.88. The summed E-state index contributed by atoms with van der Waals surface area (Å²) in [7, 11) is 4.04. The minimum Gasteiger partial charge on any atom is -0.356 e. The second kappa shape index (κ2) is 9.64. The molecule has 0 spiro atoms. The first-order valence-corrected chi connectivity index (χ1v) is 9.05. The molecule has 134 valence electrons. The van der Waals surface area contributed by atoms with Gasteiger partial charge in [0.25, 0.3) is 0 Å². The Morgan fingerprint density at radius 1 is 1.25 bits per heavy atom. The Balaban J connectivity index is 1.83. The Labute approximate surface area is 147 Å². The van der Waals surface area contributed by atoms with Crippen molar-refractivity contribution in [3.8, 4) is 0 Å². The van der Waals surface area contributed by atoms with Crippen LogP contribution in [0.1, 0.15) is 31.9 Å². The van der Waals surface area contributed by atoms with Crippen LogP contribution in [0.5, 0.6) is 0 Å². The number of rotatable bonds is 6. The Hall–Kier alpha value is -1.59. The Bertz CT molecular complexity index is 500. The fourth-order valence-electron chi connectivity index (χ4n) is 3.17. The van der Waals surface area contributed by atoms with Crippen LogP contribution in [-0.2, 0) is 0 Å². The van der Waals surface area contributed by atoms with E-state index in [0.717, 1.165) is 45.1 Å². The van der Waals surface area contributed by atoms with E-state index in [1.165, 1.54) is 5.56 Å². The molecule has 0 bridgehead atoms. The number of aliphatic imine (C=N–C) groups is 1. The normalized spacial score (nSPS) is 20.4. The molecule has 1 aliphatic rings. The highest BCUT2D eigenvalue weighted by atomic mass is 15.3. The zero-order valence-corrected chi connectivity index (χ0v) is 15.6. The van der Waals surface area contributed by atoms with Crippen molar-refractivity contribution in [1.82, 2.24) is 20.4 Å². The Morgan fingerprint density at radius 3 is 2.67 bits per heavy atom. The standard InChI is InChI=1S/C19H33N5/c1-16(2)22-19(20-3)21-11-8-12-24-14-13-23(4)15-18(24)17-9-6-5-7-10-17/h5-7,9-10,16,18H,8,11-15H2,1-4H3,(H2,20,21,22). The maximum absolute atomic E-state index is 4.26. The fraction of sp³-hybridized carbons (Fsp3) is 0.632. The molecule has 5 nitrogen and oxygen atoms in total. The third-order valence-corrected chi connectivity index (χ3v) is 4.44. The molecule has 0 aliphatic carbocycles. The van der Waals surface area contributed by atoms with Crippen LogP contribution in [-0.4, -0.2) is 68.6 Å². The third-order valence-electron chi connectivity index (χ3n) is 4.44. The summed E-state index contributed by atoms with van der Waals surface area (Å²) < 4.78 is 0. The molecule has 1 heterocycles. The lowest BCUT2D eigenvalue weighted by Crippen LogP contribution is -2.47. The van der Waals surface area contributed by atoms with Crippen LogP contribution >= 0.6 is 0 Å². The van der Waals surface area contributed by atoms with E-state index < -0.39 is 0 Å². The van der Waals surface area contributed by atoms with Crippen molar-refractivity contribution in [1.29, 1.82) is 0 Å². The van der Waals surface area contributed by atoms with Gasteiger partial charge >= 0.3 is 0 Å². The summed E-state index contributed by atoms with van der Waals surface area (Å²) in [6, 6.07) is 11.8. The highest BCUT2D eigenvalue weighted by Crippen LogP contribution is 2.24. The highest BCUT2D eigenvalue weighted by molar-refractivity contribution is 5.79. The molecule has 1 aromatic carbocycles. The van der Waals surface area contributed by atoms with Crippen molar-refractivity contribution in [2.45, 2.75) is 32.4 Å². The summed E-state index contributed by atoms with van der Waals surface area (Å²) in [5.41, 5.74) is 1.43. The summed E-state index contributed by atoms with van der Waals surface area (Å²) in [4.78, 5) is 9.31. The smallest absolute Gasteiger partial charge is 0.191 e. The van der Waals surface area contributed by atoms with E-state index in [0.29, 0.717) is 12.1 Å². The average molecular weight is 332 g/mol. The van der Waals surface area contributed by atoms with Crippen molar-refractivity contribution in [2.24, 2.45) is 4.99 Å². The van der Waals surface area contributed by atoms with Gasteiger partial charge in [-0.3, -0.25) is 9.89 Å². The molecular weight excluding hydrogens is 298 g/mol. The van der Waals surface area contributed by atoms with E-state index in [1.54, 1.807) is 0 Å². The summed E-state index contributed by atoms with van der Waals surface area (Å²) in [5.74, 6) is 0.892. The maximum atomic E-state index is 4.26. The van der Waals surface area contributed by atoms with Crippen molar-refractivity contribution >= 4 is 5.96 Å². The van der Waals surface area contributed by atoms with Gasteiger partial charge < -0.3 is 15.5 Å². The van der Waals surface area contributed by atoms with E-state index in [9.17, 15) is 0 Å². The van der Waals surface area contributed by atoms with Gasteiger partial charge in [-0.05, 0) is 32.9 Å². The van der Waals surface area contributed by atoms with Gasteiger partial charge in [-0.1, -0.05) is 30.3 Å². The molecule has 0 radical (unpaired) electrons. The molecule has 2 N–H and O–H groups in total. The fourth-order valence-corrected chi connectivity index (χ4v) is 3.17. The second-order valence-electron chi connectivity index (χ2n) is 6.88. The van der Waals surface area contributed by atoms with Gasteiger partial charge in [-0.2, -0.15) is 0 Å². The van der Waals surface area contributed by atoms with Gasteiger partial charge in [-0.25, -0.2) is 0 Å². The topological polar surface area (TPSA) is 42.9 Å². The zero-order chi connectivity index (χ0) is 17.4. The summed E-state index contributed by atoms with van der Waals surface area (Å²) in [5, 5.41) is 6.73. The quantitative estimate of drug-likeness (QED) is 0.475. The molecule has 5 heteroatoms. The van der Waals surface area contributed by atoms with Crippen molar-refractivity contribution in [2.75, 3.05) is 46.8 Å². The van der Waals surface area contributed by atoms with Crippen LogP contribution in [0.3, 0.4) is 0 Å². The first-order valence-electron chi connectivity index (χ1n) is 9.05. The summed E-state index contributed by atoms with van der Waals surface area (Å²) in [6.45, 7) is 9.69. The average Bonchev–Trinajstić information content (AvgIpc) is 2.59. The minimum absolute atomic E-state index is 0.399. The number of likely N-dealkylation sites (N-methyl/N-ethyl adjacent to an activating group) is 1. The predicted molar refractivity (Wildman–Crippen MR) is 103 cm³/mol. The number of hydrogen-bond acceptors (Lipinski definition) is 3. The van der Waals surface area contributed by atoms with Crippen LogP contribution in [0.4, 0.5) is 0 Å². The van der Waals surface area contributed by atoms with Crippen molar-refractivity contribution in [3.63, 3.8) is 0 Å². The lowest BCUT2D eigenvalue weighted by molar-refractivity contribution is 0.0891. The predicted octanol–water partition coefficient (Wildman–Crippen LogP) is 1.94. The van der Waals surface area contributed by atoms with Gasteiger partial charge in [0.2, 0.25) is 0 Å². The van der Waals surface area contributed by atoms with Gasteiger partial charge in [-0.15, -0.1) is 0 Å². The molecule has 1 aromatic rings. The molecule has 1 fully saturated rings. The minimum atomic E-state index is 0.399. The van der Waals surface area contributed by atoms with E-state index >= 15 is 0 Å². The molecular formula is C19H33N5. The summed E-state index contributed by atoms with van der Waals surface area (Å²) >= 11 is 0. The van der Waals surface area contributed by atoms with Crippen LogP contribution < -0.4 is 10.6 Å². The number of hydrogen-bond donors (Lipinski definition) is 2. The number of piperazine rings is 1. The number of nitrogens with zero attached hydrogens (tertiary/aromatic N) is 3. The monoisotopic (exact) mass is 331 g/mol. The molecule has 0 saturated carbocycles. The van der Waals surface area contributed by atoms with Crippen LogP contribution in [0.2, 0.25) is 0 Å². The third kappa shape index (κ3) is 5.80. The molecule has 1 aliphatic heterocycles. The van der Waals surface area contributed by atoms with Gasteiger partial charge in [0.1, 0.15) is 0 Å². The lowest BCUT2D eigenvalue weighted by atomic mass is 10.0.